The van der Waals surface area contributed by atoms with Crippen LogP contribution in [0.15, 0.2) is 0 Å². The lowest BCUT2D eigenvalue weighted by Gasteiger charge is -2.21. The van der Waals surface area contributed by atoms with E-state index in [0.717, 1.165) is 25.7 Å². The van der Waals surface area contributed by atoms with Crippen molar-refractivity contribution in [3.05, 3.63) is 0 Å². The Morgan fingerprint density at radius 2 is 2.14 bits per heavy atom. The summed E-state index contributed by atoms with van der Waals surface area (Å²) in [5.41, 5.74) is 6.08. The average molecular weight is 198 g/mol. The van der Waals surface area contributed by atoms with Crippen LogP contribution >= 0.6 is 0 Å². The molecule has 0 bridgehead atoms. The van der Waals surface area contributed by atoms with Crippen molar-refractivity contribution in [1.29, 1.82) is 0 Å². The maximum atomic E-state index is 6.08. The molecule has 2 rings (SSSR count). The summed E-state index contributed by atoms with van der Waals surface area (Å²) in [6.07, 6.45) is 5.08. The number of hydrogen-bond donors (Lipinski definition) is 1. The maximum absolute atomic E-state index is 6.08. The Hall–Kier alpha value is -0.120. The van der Waals surface area contributed by atoms with E-state index in [-0.39, 0.29) is 0 Å². The van der Waals surface area contributed by atoms with Crippen LogP contribution in [0.4, 0.5) is 0 Å². The third-order valence-electron chi connectivity index (χ3n) is 3.32. The molecule has 0 amide bonds. The summed E-state index contributed by atoms with van der Waals surface area (Å²) in [4.78, 5) is 2.50. The van der Waals surface area contributed by atoms with E-state index in [4.69, 9.17) is 10.5 Å². The minimum absolute atomic E-state index is 0.458. The maximum Gasteiger partial charge on any atom is 0.0593 e. The van der Waals surface area contributed by atoms with Gasteiger partial charge in [-0.15, -0.1) is 0 Å². The molecule has 0 spiro atoms. The van der Waals surface area contributed by atoms with Crippen molar-refractivity contribution >= 4 is 0 Å². The molecule has 0 radical (unpaired) electrons. The quantitative estimate of drug-likeness (QED) is 0.727. The van der Waals surface area contributed by atoms with Gasteiger partial charge in [-0.2, -0.15) is 0 Å². The number of nitrogens with two attached hydrogens (primary N) is 1. The van der Waals surface area contributed by atoms with Crippen LogP contribution < -0.4 is 5.73 Å². The zero-order chi connectivity index (χ0) is 9.80. The Morgan fingerprint density at radius 1 is 1.29 bits per heavy atom. The summed E-state index contributed by atoms with van der Waals surface area (Å²) in [6, 6.07) is 0.458. The molecule has 0 aromatic carbocycles. The normalized spacial score (nSPS) is 27.2. The van der Waals surface area contributed by atoms with Gasteiger partial charge in [0.2, 0.25) is 0 Å². The molecule has 0 aromatic rings. The highest BCUT2D eigenvalue weighted by molar-refractivity contribution is 4.84. The lowest BCUT2D eigenvalue weighted by Crippen LogP contribution is -2.33. The minimum Gasteiger partial charge on any atom is -0.380 e. The van der Waals surface area contributed by atoms with Crippen LogP contribution in [-0.4, -0.2) is 43.8 Å². The van der Waals surface area contributed by atoms with E-state index in [1.54, 1.807) is 0 Å². The number of ether oxygens (including phenoxy) is 1. The molecule has 0 aromatic heterocycles. The van der Waals surface area contributed by atoms with Crippen LogP contribution in [0, 0.1) is 5.92 Å². The van der Waals surface area contributed by atoms with Crippen molar-refractivity contribution in [2.75, 3.05) is 32.8 Å². The van der Waals surface area contributed by atoms with Gasteiger partial charge in [-0.25, -0.2) is 0 Å². The summed E-state index contributed by atoms with van der Waals surface area (Å²) in [5.74, 6) is 0.846. The third-order valence-corrected chi connectivity index (χ3v) is 3.32. The molecule has 1 unspecified atom stereocenters. The van der Waals surface area contributed by atoms with Gasteiger partial charge in [0.15, 0.2) is 0 Å². The number of nitrogens with zero attached hydrogens (tertiary/aromatic N) is 1. The van der Waals surface area contributed by atoms with Gasteiger partial charge in [0.1, 0.15) is 0 Å². The monoisotopic (exact) mass is 198 g/mol. The van der Waals surface area contributed by atoms with Crippen LogP contribution in [-0.2, 0) is 4.74 Å². The fourth-order valence-electron chi connectivity index (χ4n) is 2.11. The first kappa shape index (κ1) is 10.4. The van der Waals surface area contributed by atoms with E-state index in [0.29, 0.717) is 6.04 Å². The standard InChI is InChI=1S/C11H22N2O/c12-11(10-2-3-10)4-6-13-5-1-8-14-9-7-13/h10-11H,1-9,12H2. The van der Waals surface area contributed by atoms with Crippen molar-refractivity contribution in [2.45, 2.75) is 31.7 Å². The minimum atomic E-state index is 0.458. The van der Waals surface area contributed by atoms with Crippen LogP contribution in [0.2, 0.25) is 0 Å². The van der Waals surface area contributed by atoms with Crippen molar-refractivity contribution in [3.8, 4) is 0 Å². The Morgan fingerprint density at radius 3 is 2.93 bits per heavy atom. The van der Waals surface area contributed by atoms with Gasteiger partial charge in [0, 0.05) is 25.7 Å². The molecule has 82 valence electrons. The lowest BCUT2D eigenvalue weighted by atomic mass is 10.1. The van der Waals surface area contributed by atoms with Gasteiger partial charge in [-0.1, -0.05) is 0 Å². The van der Waals surface area contributed by atoms with E-state index in [1.807, 2.05) is 0 Å². The molecule has 2 aliphatic rings. The first-order valence-electron chi connectivity index (χ1n) is 5.92. The third kappa shape index (κ3) is 3.23. The smallest absolute Gasteiger partial charge is 0.0593 e. The fourth-order valence-corrected chi connectivity index (χ4v) is 2.11. The first-order valence-corrected chi connectivity index (χ1v) is 5.92. The van der Waals surface area contributed by atoms with Crippen LogP contribution in [0.25, 0.3) is 0 Å². The van der Waals surface area contributed by atoms with Crippen molar-refractivity contribution in [3.63, 3.8) is 0 Å². The Balaban J connectivity index is 1.62. The molecule has 3 heteroatoms. The highest BCUT2D eigenvalue weighted by Crippen LogP contribution is 2.32. The molecule has 1 aliphatic carbocycles. The van der Waals surface area contributed by atoms with Crippen molar-refractivity contribution in [1.82, 2.24) is 4.90 Å². The molecule has 14 heavy (non-hydrogen) atoms. The predicted molar refractivity (Wildman–Crippen MR) is 57.2 cm³/mol. The molecular weight excluding hydrogens is 176 g/mol. The zero-order valence-electron chi connectivity index (χ0n) is 8.95. The predicted octanol–water partition coefficient (Wildman–Crippen LogP) is 0.836. The van der Waals surface area contributed by atoms with Gasteiger partial charge in [0.25, 0.3) is 0 Å². The second-order valence-corrected chi connectivity index (χ2v) is 4.60. The molecular formula is C11H22N2O. The Labute approximate surface area is 86.6 Å². The van der Waals surface area contributed by atoms with Crippen molar-refractivity contribution in [2.24, 2.45) is 11.7 Å². The summed E-state index contributed by atoms with van der Waals surface area (Å²) >= 11 is 0. The van der Waals surface area contributed by atoms with Crippen LogP contribution in [0.1, 0.15) is 25.7 Å². The van der Waals surface area contributed by atoms with Gasteiger partial charge >= 0.3 is 0 Å². The van der Waals surface area contributed by atoms with Gasteiger partial charge in [-0.05, 0) is 38.1 Å². The lowest BCUT2D eigenvalue weighted by molar-refractivity contribution is 0.140. The summed E-state index contributed by atoms with van der Waals surface area (Å²) in [6.45, 7) is 5.29. The molecule has 2 N–H and O–H groups in total. The topological polar surface area (TPSA) is 38.5 Å². The second kappa shape index (κ2) is 5.10. The SMILES string of the molecule is NC(CCN1CCCOCC1)C1CC1. The molecule has 1 saturated heterocycles. The molecule has 3 nitrogen and oxygen atoms in total. The number of rotatable bonds is 4. The summed E-state index contributed by atoms with van der Waals surface area (Å²) < 4.78 is 5.42. The van der Waals surface area contributed by atoms with E-state index in [2.05, 4.69) is 4.90 Å². The molecule has 1 aliphatic heterocycles. The van der Waals surface area contributed by atoms with Gasteiger partial charge in [0.05, 0.1) is 6.61 Å². The largest absolute Gasteiger partial charge is 0.380 e. The summed E-state index contributed by atoms with van der Waals surface area (Å²) in [5, 5.41) is 0. The highest BCUT2D eigenvalue weighted by atomic mass is 16.5. The Bertz CT molecular complexity index is 163. The van der Waals surface area contributed by atoms with Crippen molar-refractivity contribution < 1.29 is 4.74 Å². The molecule has 1 atom stereocenters. The van der Waals surface area contributed by atoms with E-state index in [1.165, 1.54) is 38.8 Å². The second-order valence-electron chi connectivity index (χ2n) is 4.60. The Kier molecular flexibility index (Phi) is 3.79. The zero-order valence-corrected chi connectivity index (χ0v) is 8.95. The van der Waals surface area contributed by atoms with E-state index >= 15 is 0 Å². The average Bonchev–Trinajstić information content (AvgIpc) is 3.01. The number of hydrogen-bond acceptors (Lipinski definition) is 3. The first-order chi connectivity index (χ1) is 6.86. The van der Waals surface area contributed by atoms with Gasteiger partial charge < -0.3 is 15.4 Å². The molecule has 1 saturated carbocycles. The van der Waals surface area contributed by atoms with Crippen LogP contribution in [0.3, 0.4) is 0 Å². The highest BCUT2D eigenvalue weighted by Gasteiger charge is 2.28. The fraction of sp³-hybridized carbons (Fsp3) is 1.00. The van der Waals surface area contributed by atoms with Crippen LogP contribution in [0.5, 0.6) is 0 Å². The van der Waals surface area contributed by atoms with Gasteiger partial charge in [-0.3, -0.25) is 0 Å². The molecule has 2 fully saturated rings. The summed E-state index contributed by atoms with van der Waals surface area (Å²) in [7, 11) is 0. The van der Waals surface area contributed by atoms with E-state index < -0.39 is 0 Å². The molecule has 1 heterocycles. The van der Waals surface area contributed by atoms with E-state index in [9.17, 15) is 0 Å².